The summed E-state index contributed by atoms with van der Waals surface area (Å²) in [4.78, 5) is 27.4. The van der Waals surface area contributed by atoms with Crippen molar-refractivity contribution in [3.05, 3.63) is 35.7 Å². The van der Waals surface area contributed by atoms with Crippen LogP contribution < -0.4 is 5.32 Å². The molecule has 1 aromatic carbocycles. The SMILES string of the molecule is CC(=O)Nc1ccc(C(=O)CSc2n[nH]c(C(C)C)n2)cc1. The Morgan fingerprint density at radius 1 is 1.27 bits per heavy atom. The maximum atomic E-state index is 12.1. The lowest BCUT2D eigenvalue weighted by atomic mass is 10.1. The molecule has 0 aliphatic heterocycles. The lowest BCUT2D eigenvalue weighted by Crippen LogP contribution is -2.07. The van der Waals surface area contributed by atoms with E-state index in [1.54, 1.807) is 24.3 Å². The smallest absolute Gasteiger partial charge is 0.221 e. The molecule has 7 heteroatoms. The number of thioether (sulfide) groups is 1. The van der Waals surface area contributed by atoms with E-state index in [1.807, 2.05) is 13.8 Å². The number of nitrogens with zero attached hydrogens (tertiary/aromatic N) is 2. The number of nitrogens with one attached hydrogen (secondary N) is 2. The highest BCUT2D eigenvalue weighted by molar-refractivity contribution is 7.99. The maximum absolute atomic E-state index is 12.1. The first kappa shape index (κ1) is 16.2. The molecular formula is C15H18N4O2S. The van der Waals surface area contributed by atoms with Gasteiger partial charge in [0, 0.05) is 24.1 Å². The summed E-state index contributed by atoms with van der Waals surface area (Å²) in [7, 11) is 0. The monoisotopic (exact) mass is 318 g/mol. The fourth-order valence-corrected chi connectivity index (χ4v) is 2.44. The number of aromatic nitrogens is 3. The second kappa shape index (κ2) is 7.22. The van der Waals surface area contributed by atoms with Gasteiger partial charge in [0.15, 0.2) is 5.78 Å². The van der Waals surface area contributed by atoms with Gasteiger partial charge in [-0.1, -0.05) is 25.6 Å². The number of hydrogen-bond donors (Lipinski definition) is 2. The number of H-pyrrole nitrogens is 1. The first-order valence-electron chi connectivity index (χ1n) is 6.91. The van der Waals surface area contributed by atoms with Crippen molar-refractivity contribution in [1.82, 2.24) is 15.2 Å². The van der Waals surface area contributed by atoms with Crippen LogP contribution in [0.1, 0.15) is 42.9 Å². The van der Waals surface area contributed by atoms with Gasteiger partial charge in [0.2, 0.25) is 11.1 Å². The van der Waals surface area contributed by atoms with Crippen LogP contribution in [0.5, 0.6) is 0 Å². The number of amides is 1. The summed E-state index contributed by atoms with van der Waals surface area (Å²) in [6, 6.07) is 6.82. The van der Waals surface area contributed by atoms with Gasteiger partial charge in [0.05, 0.1) is 5.75 Å². The molecule has 22 heavy (non-hydrogen) atoms. The van der Waals surface area contributed by atoms with Gasteiger partial charge in [0.1, 0.15) is 5.82 Å². The Bertz CT molecular complexity index is 664. The van der Waals surface area contributed by atoms with Gasteiger partial charge < -0.3 is 5.32 Å². The van der Waals surface area contributed by atoms with E-state index in [4.69, 9.17) is 0 Å². The van der Waals surface area contributed by atoms with Gasteiger partial charge in [0.25, 0.3) is 0 Å². The number of Topliss-reactive ketones (excluding diaryl/α,β-unsaturated/α-hetero) is 1. The van der Waals surface area contributed by atoms with E-state index in [0.29, 0.717) is 16.4 Å². The summed E-state index contributed by atoms with van der Waals surface area (Å²) in [5.41, 5.74) is 1.27. The van der Waals surface area contributed by atoms with Crippen molar-refractivity contribution in [3.8, 4) is 0 Å². The van der Waals surface area contributed by atoms with Crippen LogP contribution >= 0.6 is 11.8 Å². The van der Waals surface area contributed by atoms with Crippen molar-refractivity contribution in [2.75, 3.05) is 11.1 Å². The average Bonchev–Trinajstić information content (AvgIpc) is 2.94. The fourth-order valence-electron chi connectivity index (χ4n) is 1.74. The Morgan fingerprint density at radius 3 is 2.50 bits per heavy atom. The molecule has 6 nitrogen and oxygen atoms in total. The molecule has 2 aromatic rings. The quantitative estimate of drug-likeness (QED) is 0.631. The Balaban J connectivity index is 1.92. The van der Waals surface area contributed by atoms with Crippen LogP contribution in [-0.4, -0.2) is 32.6 Å². The number of ketones is 1. The van der Waals surface area contributed by atoms with Crippen LogP contribution in [-0.2, 0) is 4.79 Å². The molecule has 2 N–H and O–H groups in total. The summed E-state index contributed by atoms with van der Waals surface area (Å²) in [5, 5.41) is 10.2. The molecule has 0 aliphatic carbocycles. The van der Waals surface area contributed by atoms with Crippen molar-refractivity contribution >= 4 is 29.1 Å². The molecule has 1 amide bonds. The zero-order chi connectivity index (χ0) is 16.1. The predicted octanol–water partition coefficient (Wildman–Crippen LogP) is 2.86. The van der Waals surface area contributed by atoms with Crippen molar-refractivity contribution in [1.29, 1.82) is 0 Å². The van der Waals surface area contributed by atoms with E-state index in [-0.39, 0.29) is 23.4 Å². The Hall–Kier alpha value is -2.15. The van der Waals surface area contributed by atoms with E-state index in [9.17, 15) is 9.59 Å². The summed E-state index contributed by atoms with van der Waals surface area (Å²) in [6.45, 7) is 5.49. The molecular weight excluding hydrogens is 300 g/mol. The lowest BCUT2D eigenvalue weighted by molar-refractivity contribution is -0.114. The molecule has 0 aliphatic rings. The normalized spacial score (nSPS) is 10.7. The summed E-state index contributed by atoms with van der Waals surface area (Å²) in [6.07, 6.45) is 0. The third kappa shape index (κ3) is 4.42. The highest BCUT2D eigenvalue weighted by Gasteiger charge is 2.11. The van der Waals surface area contributed by atoms with Crippen LogP contribution in [0.4, 0.5) is 5.69 Å². The molecule has 0 radical (unpaired) electrons. The van der Waals surface area contributed by atoms with E-state index < -0.39 is 0 Å². The topological polar surface area (TPSA) is 87.7 Å². The second-order valence-corrected chi connectivity index (χ2v) is 6.07. The predicted molar refractivity (Wildman–Crippen MR) is 86.3 cm³/mol. The first-order valence-corrected chi connectivity index (χ1v) is 7.90. The van der Waals surface area contributed by atoms with E-state index >= 15 is 0 Å². The molecule has 0 unspecified atom stereocenters. The second-order valence-electron chi connectivity index (χ2n) is 5.13. The van der Waals surface area contributed by atoms with Crippen LogP contribution in [0.3, 0.4) is 0 Å². The summed E-state index contributed by atoms with van der Waals surface area (Å²) >= 11 is 1.30. The van der Waals surface area contributed by atoms with Crippen molar-refractivity contribution in [2.24, 2.45) is 0 Å². The third-order valence-corrected chi connectivity index (χ3v) is 3.74. The van der Waals surface area contributed by atoms with Crippen LogP contribution in [0.15, 0.2) is 29.4 Å². The number of carbonyl (C=O) groups is 2. The van der Waals surface area contributed by atoms with Gasteiger partial charge in [-0.3, -0.25) is 14.7 Å². The lowest BCUT2D eigenvalue weighted by Gasteiger charge is -2.03. The minimum atomic E-state index is -0.139. The molecule has 0 saturated heterocycles. The van der Waals surface area contributed by atoms with Crippen molar-refractivity contribution < 1.29 is 9.59 Å². The van der Waals surface area contributed by atoms with Gasteiger partial charge in [-0.25, -0.2) is 4.98 Å². The zero-order valence-corrected chi connectivity index (χ0v) is 13.5. The number of aromatic amines is 1. The van der Waals surface area contributed by atoms with Crippen LogP contribution in [0.2, 0.25) is 0 Å². The molecule has 116 valence electrons. The molecule has 1 aromatic heterocycles. The number of anilines is 1. The Kier molecular flexibility index (Phi) is 5.32. The fraction of sp³-hybridized carbons (Fsp3) is 0.333. The summed E-state index contributed by atoms with van der Waals surface area (Å²) in [5.74, 6) is 1.22. The molecule has 1 heterocycles. The van der Waals surface area contributed by atoms with Crippen LogP contribution in [0, 0.1) is 0 Å². The average molecular weight is 318 g/mol. The first-order chi connectivity index (χ1) is 10.5. The number of carbonyl (C=O) groups excluding carboxylic acids is 2. The molecule has 0 saturated carbocycles. The highest BCUT2D eigenvalue weighted by atomic mass is 32.2. The van der Waals surface area contributed by atoms with Gasteiger partial charge in [-0.2, -0.15) is 0 Å². The Labute approximate surface area is 133 Å². The maximum Gasteiger partial charge on any atom is 0.221 e. The largest absolute Gasteiger partial charge is 0.326 e. The van der Waals surface area contributed by atoms with Gasteiger partial charge in [-0.05, 0) is 24.3 Å². The molecule has 0 bridgehead atoms. The van der Waals surface area contributed by atoms with E-state index in [2.05, 4.69) is 20.5 Å². The third-order valence-electron chi connectivity index (χ3n) is 2.89. The molecule has 2 rings (SSSR count). The minimum Gasteiger partial charge on any atom is -0.326 e. The highest BCUT2D eigenvalue weighted by Crippen LogP contribution is 2.18. The van der Waals surface area contributed by atoms with Crippen molar-refractivity contribution in [2.45, 2.75) is 31.8 Å². The van der Waals surface area contributed by atoms with Gasteiger partial charge in [-0.15, -0.1) is 5.10 Å². The van der Waals surface area contributed by atoms with E-state index in [1.165, 1.54) is 18.7 Å². The molecule has 0 fully saturated rings. The van der Waals surface area contributed by atoms with Crippen LogP contribution in [0.25, 0.3) is 0 Å². The Morgan fingerprint density at radius 2 is 1.95 bits per heavy atom. The van der Waals surface area contributed by atoms with E-state index in [0.717, 1.165) is 5.82 Å². The number of rotatable bonds is 6. The number of benzene rings is 1. The molecule has 0 atom stereocenters. The molecule has 0 spiro atoms. The van der Waals surface area contributed by atoms with Gasteiger partial charge >= 0.3 is 0 Å². The standard InChI is InChI=1S/C15H18N4O2S/c1-9(2)14-17-15(19-18-14)22-8-13(21)11-4-6-12(7-5-11)16-10(3)20/h4-7,9H,8H2,1-3H3,(H,16,20)(H,17,18,19). The van der Waals surface area contributed by atoms with Crippen molar-refractivity contribution in [3.63, 3.8) is 0 Å². The zero-order valence-electron chi connectivity index (χ0n) is 12.7. The summed E-state index contributed by atoms with van der Waals surface area (Å²) < 4.78 is 0. The number of hydrogen-bond acceptors (Lipinski definition) is 5. The minimum absolute atomic E-state index is 0.00438.